The zero-order valence-electron chi connectivity index (χ0n) is 7.89. The highest BCUT2D eigenvalue weighted by molar-refractivity contribution is 6.45. The molecule has 0 atom stereocenters. The molecule has 0 aromatic rings. The standard InChI is InChI=1S/C6H6Cl6.H2N3.H3N/c7-1-2(8)4(10)6(12)5(11)3(1)9;1-3-2;/h1-6H;1-2H;1H3/q;+1;/t1-,2-,3-,4+,5+,6+;;. The van der Waals surface area contributed by atoms with E-state index in [1.807, 2.05) is 4.91 Å². The second kappa shape index (κ2) is 9.01. The molecule has 1 aliphatic carbocycles. The molecule has 1 fully saturated rings. The monoisotopic (exact) mass is 349 g/mol. The third-order valence-corrected chi connectivity index (χ3v) is 5.86. The molecule has 96 valence electrons. The largest absolute Gasteiger partial charge is 0.344 e. The predicted molar refractivity (Wildman–Crippen MR) is 70.4 cm³/mol. The number of hydrogen-bond donors (Lipinski definition) is 3. The fraction of sp³-hybridized carbons (Fsp3) is 1.00. The van der Waals surface area contributed by atoms with Crippen molar-refractivity contribution in [1.29, 1.82) is 11.1 Å². The first-order valence-corrected chi connectivity index (χ1v) is 6.38. The average molecular weight is 352 g/mol. The second-order valence-electron chi connectivity index (χ2n) is 2.78. The summed E-state index contributed by atoms with van der Waals surface area (Å²) in [4.78, 5) is 2.00. The Morgan fingerprint density at radius 1 is 0.562 bits per heavy atom. The molecule has 10 heteroatoms. The topological polar surface area (TPSA) is 96.8 Å². The summed E-state index contributed by atoms with van der Waals surface area (Å²) in [6.07, 6.45) is 0. The van der Waals surface area contributed by atoms with Gasteiger partial charge in [0, 0.05) is 0 Å². The quantitative estimate of drug-likeness (QED) is 0.344. The van der Waals surface area contributed by atoms with E-state index < -0.39 is 32.3 Å². The lowest BCUT2D eigenvalue weighted by molar-refractivity contribution is 0.544. The molecule has 5 N–H and O–H groups in total. The number of rotatable bonds is 0. The van der Waals surface area contributed by atoms with Crippen LogP contribution in [0.15, 0.2) is 0 Å². The van der Waals surface area contributed by atoms with Crippen LogP contribution in [0.5, 0.6) is 0 Å². The Hall–Kier alpha value is 1.01. The smallest absolute Gasteiger partial charge is 0.211 e. The van der Waals surface area contributed by atoms with Crippen LogP contribution in [0.4, 0.5) is 0 Å². The molecule has 0 heterocycles. The lowest BCUT2D eigenvalue weighted by atomic mass is 9.97. The van der Waals surface area contributed by atoms with Crippen LogP contribution < -0.4 is 11.1 Å². The van der Waals surface area contributed by atoms with E-state index in [4.69, 9.17) is 80.7 Å². The van der Waals surface area contributed by atoms with Crippen molar-refractivity contribution < 1.29 is 0 Å². The van der Waals surface area contributed by atoms with E-state index in [1.54, 1.807) is 0 Å². The predicted octanol–water partition coefficient (Wildman–Crippen LogP) is 3.92. The van der Waals surface area contributed by atoms with Crippen LogP contribution in [0.3, 0.4) is 0 Å². The maximum absolute atomic E-state index is 5.88. The first kappa shape index (κ1) is 19.4. The Labute approximate surface area is 123 Å². The summed E-state index contributed by atoms with van der Waals surface area (Å²) < 4.78 is 0. The number of hydrogen-bond acceptors (Lipinski definition) is 3. The van der Waals surface area contributed by atoms with Gasteiger partial charge in [-0.2, -0.15) is 0 Å². The highest BCUT2D eigenvalue weighted by Crippen LogP contribution is 2.39. The van der Waals surface area contributed by atoms with Crippen molar-refractivity contribution in [2.24, 2.45) is 0 Å². The number of halogens is 6. The minimum Gasteiger partial charge on any atom is -0.344 e. The summed E-state index contributed by atoms with van der Waals surface area (Å²) in [6.45, 7) is 0. The highest BCUT2D eigenvalue weighted by Gasteiger charge is 2.46. The number of nitrogens with zero attached hydrogens (tertiary/aromatic N) is 1. The lowest BCUT2D eigenvalue weighted by Crippen LogP contribution is -2.52. The van der Waals surface area contributed by atoms with E-state index in [-0.39, 0.29) is 6.15 Å². The van der Waals surface area contributed by atoms with Gasteiger partial charge in [0.15, 0.2) is 0 Å². The van der Waals surface area contributed by atoms with Gasteiger partial charge in [-0.05, 0) is 0 Å². The van der Waals surface area contributed by atoms with E-state index in [0.717, 1.165) is 0 Å². The van der Waals surface area contributed by atoms with Crippen molar-refractivity contribution in [1.82, 2.24) is 11.1 Å². The molecule has 0 aromatic carbocycles. The van der Waals surface area contributed by atoms with E-state index in [2.05, 4.69) is 0 Å². The molecule has 0 unspecified atom stereocenters. The van der Waals surface area contributed by atoms with Gasteiger partial charge in [0.2, 0.25) is 4.91 Å². The Bertz CT molecular complexity index is 177. The molecule has 4 nitrogen and oxygen atoms in total. The second-order valence-corrected chi connectivity index (χ2v) is 5.80. The van der Waals surface area contributed by atoms with Crippen molar-refractivity contribution in [3.63, 3.8) is 0 Å². The van der Waals surface area contributed by atoms with E-state index in [1.165, 1.54) is 0 Å². The van der Waals surface area contributed by atoms with Crippen molar-refractivity contribution in [3.05, 3.63) is 0 Å². The van der Waals surface area contributed by atoms with E-state index in [9.17, 15) is 0 Å². The van der Waals surface area contributed by atoms with Crippen LogP contribution in [0.1, 0.15) is 0 Å². The summed E-state index contributed by atoms with van der Waals surface area (Å²) in [5.41, 5.74) is 11.0. The van der Waals surface area contributed by atoms with Crippen molar-refractivity contribution in [3.8, 4) is 0 Å². The fourth-order valence-electron chi connectivity index (χ4n) is 1.05. The first-order valence-electron chi connectivity index (χ1n) is 3.76. The van der Waals surface area contributed by atoms with Gasteiger partial charge in [-0.25, -0.2) is 0 Å². The molecule has 0 bridgehead atoms. The highest BCUT2D eigenvalue weighted by atomic mass is 35.5. The molecule has 0 spiro atoms. The minimum absolute atomic E-state index is 0. The van der Waals surface area contributed by atoms with Crippen molar-refractivity contribution >= 4 is 69.6 Å². The van der Waals surface area contributed by atoms with Crippen molar-refractivity contribution in [2.45, 2.75) is 32.3 Å². The molecular weight excluding hydrogens is 341 g/mol. The molecule has 0 aromatic heterocycles. The normalized spacial score (nSPS) is 42.1. The van der Waals surface area contributed by atoms with Crippen LogP contribution in [-0.4, -0.2) is 32.3 Å². The van der Waals surface area contributed by atoms with Gasteiger partial charge >= 0.3 is 0 Å². The third kappa shape index (κ3) is 4.71. The van der Waals surface area contributed by atoms with Crippen LogP contribution >= 0.6 is 69.6 Å². The summed E-state index contributed by atoms with van der Waals surface area (Å²) >= 11 is 35.3. The van der Waals surface area contributed by atoms with Gasteiger partial charge in [0.05, 0.1) is 32.3 Å². The molecule has 1 saturated carbocycles. The maximum atomic E-state index is 5.88. The zero-order chi connectivity index (χ0) is 12.2. The minimum atomic E-state index is -0.437. The average Bonchev–Trinajstić information content (AvgIpc) is 2.22. The molecule has 0 radical (unpaired) electrons. The van der Waals surface area contributed by atoms with Gasteiger partial charge in [0.1, 0.15) is 11.1 Å². The Morgan fingerprint density at radius 2 is 0.625 bits per heavy atom. The van der Waals surface area contributed by atoms with E-state index >= 15 is 0 Å². The molecule has 1 rings (SSSR count). The number of alkyl halides is 6. The molecular formula is C6H11Cl6N4+. The molecule has 1 aliphatic rings. The Balaban J connectivity index is 0. The van der Waals surface area contributed by atoms with Crippen LogP contribution in [0.25, 0.3) is 0 Å². The number of nitrogens with one attached hydrogen (secondary N) is 2. The van der Waals surface area contributed by atoms with Crippen LogP contribution in [-0.2, 0) is 0 Å². The van der Waals surface area contributed by atoms with Crippen LogP contribution in [0, 0.1) is 11.1 Å². The summed E-state index contributed by atoms with van der Waals surface area (Å²) in [5.74, 6) is 0. The summed E-state index contributed by atoms with van der Waals surface area (Å²) in [6, 6.07) is 0. The molecule has 16 heavy (non-hydrogen) atoms. The summed E-state index contributed by atoms with van der Waals surface area (Å²) in [7, 11) is 0. The zero-order valence-corrected chi connectivity index (χ0v) is 12.4. The molecule has 0 aliphatic heterocycles. The van der Waals surface area contributed by atoms with Crippen molar-refractivity contribution in [2.75, 3.05) is 0 Å². The van der Waals surface area contributed by atoms with Crippen LogP contribution in [0.2, 0.25) is 0 Å². The van der Waals surface area contributed by atoms with Gasteiger partial charge < -0.3 is 6.15 Å². The third-order valence-electron chi connectivity index (χ3n) is 1.83. The molecule has 0 amide bonds. The SMILES string of the molecule is Cl[C@H]1[C@H](Cl)[C@@H](Cl)[C@@H](Cl)[C@H](Cl)[C@H]1Cl.N.N=[N+]=N. The van der Waals surface area contributed by atoms with Gasteiger partial charge in [0.25, 0.3) is 0 Å². The molecule has 0 saturated heterocycles. The Kier molecular flexibility index (Phi) is 10.9. The maximum Gasteiger partial charge on any atom is 0.211 e. The van der Waals surface area contributed by atoms with Gasteiger partial charge in [-0.1, -0.05) is 0 Å². The lowest BCUT2D eigenvalue weighted by Gasteiger charge is -2.37. The van der Waals surface area contributed by atoms with E-state index in [0.29, 0.717) is 0 Å². The fourth-order valence-corrected chi connectivity index (χ4v) is 3.38. The van der Waals surface area contributed by atoms with Gasteiger partial charge in [-0.15, -0.1) is 69.6 Å². The first-order chi connectivity index (χ1) is 6.88. The van der Waals surface area contributed by atoms with Gasteiger partial charge in [-0.3, -0.25) is 0 Å². The summed E-state index contributed by atoms with van der Waals surface area (Å²) in [5, 5.41) is -2.62. The Morgan fingerprint density at radius 3 is 0.688 bits per heavy atom.